The van der Waals surface area contributed by atoms with Gasteiger partial charge in [0.05, 0.1) is 17.6 Å². The molecular weight excluding hydrogens is 517 g/mol. The van der Waals surface area contributed by atoms with Crippen molar-refractivity contribution in [3.05, 3.63) is 59.6 Å². The van der Waals surface area contributed by atoms with Gasteiger partial charge in [0.1, 0.15) is 23.9 Å². The first-order valence-corrected chi connectivity index (χ1v) is 11.5. The number of fused-ring (bicyclic) bond motifs is 1. The number of ether oxygens (including phenoxy) is 4. The minimum Gasteiger partial charge on any atom is -0.467 e. The monoisotopic (exact) mass is 538 g/mol. The van der Waals surface area contributed by atoms with E-state index in [9.17, 15) is 22.8 Å². The van der Waals surface area contributed by atoms with Gasteiger partial charge in [0.2, 0.25) is 0 Å². The number of para-hydroxylation sites is 1. The summed E-state index contributed by atoms with van der Waals surface area (Å²) < 4.78 is 58.3. The smallest absolute Gasteiger partial charge is 0.467 e. The lowest BCUT2D eigenvalue weighted by Gasteiger charge is -2.40. The van der Waals surface area contributed by atoms with Crippen LogP contribution in [0.3, 0.4) is 0 Å². The maximum Gasteiger partial charge on any atom is 0.573 e. The molecular formula is C25H22ClF3N2O6. The number of methoxy groups -OCH3 is 1. The molecule has 0 spiro atoms. The second-order valence-corrected chi connectivity index (χ2v) is 8.61. The Morgan fingerprint density at radius 1 is 1.08 bits per heavy atom. The van der Waals surface area contributed by atoms with Gasteiger partial charge in [-0.3, -0.25) is 9.69 Å². The average Bonchev–Trinajstić information content (AvgIpc) is 2.84. The molecule has 8 nitrogen and oxygen atoms in total. The van der Waals surface area contributed by atoms with E-state index in [1.807, 2.05) is 6.07 Å². The molecule has 1 saturated heterocycles. The lowest BCUT2D eigenvalue weighted by Crippen LogP contribution is -2.48. The van der Waals surface area contributed by atoms with Crippen LogP contribution in [0.1, 0.15) is 19.8 Å². The summed E-state index contributed by atoms with van der Waals surface area (Å²) in [6.07, 6.45) is -7.31. The second kappa shape index (κ2) is 10.8. The molecule has 0 radical (unpaired) electrons. The summed E-state index contributed by atoms with van der Waals surface area (Å²) in [6, 6.07) is 13.8. The Bertz CT molecular complexity index is 1290. The summed E-state index contributed by atoms with van der Waals surface area (Å²) in [5.74, 6) is -1.28. The fraction of sp³-hybridized carbons (Fsp3) is 0.320. The molecule has 2 heterocycles. The lowest BCUT2D eigenvalue weighted by atomic mass is 10.0. The van der Waals surface area contributed by atoms with Crippen LogP contribution >= 0.6 is 11.6 Å². The fourth-order valence-corrected chi connectivity index (χ4v) is 4.35. The Hall–Kier alpha value is -3.57. The number of benzene rings is 2. The molecule has 0 amide bonds. The third kappa shape index (κ3) is 6.41. The van der Waals surface area contributed by atoms with Crippen LogP contribution in [0.15, 0.2) is 54.6 Å². The lowest BCUT2D eigenvalue weighted by molar-refractivity contribution is -0.274. The highest BCUT2D eigenvalue weighted by atomic mass is 35.5. The summed E-state index contributed by atoms with van der Waals surface area (Å²) in [5.41, 5.74) is 0.867. The van der Waals surface area contributed by atoms with Crippen molar-refractivity contribution < 1.29 is 41.7 Å². The van der Waals surface area contributed by atoms with Gasteiger partial charge < -0.3 is 18.9 Å². The first-order chi connectivity index (χ1) is 17.5. The zero-order chi connectivity index (χ0) is 26.7. The molecule has 1 fully saturated rings. The van der Waals surface area contributed by atoms with Crippen LogP contribution in [0, 0.1) is 0 Å². The van der Waals surface area contributed by atoms with Crippen molar-refractivity contribution in [1.29, 1.82) is 0 Å². The second-order valence-electron chi connectivity index (χ2n) is 8.20. The topological polar surface area (TPSA) is 87.2 Å². The molecule has 37 heavy (non-hydrogen) atoms. The highest BCUT2D eigenvalue weighted by Gasteiger charge is 2.40. The Labute approximate surface area is 214 Å². The Balaban J connectivity index is 1.78. The standard InChI is InChI=1S/C25H22ClF3N2O6/c1-14(32)35-18-12-20(24(33)34-2)36-22(13-18)31(16-7-9-17(10-8-16)37-25(27,28)29)21-11-6-15-4-3-5-19(26)23(15)30-21/h3-11,18,20,22H,12-13H2,1-2H3/t18?,20-,22?/m0/s1. The molecule has 0 bridgehead atoms. The third-order valence-corrected chi connectivity index (χ3v) is 5.90. The van der Waals surface area contributed by atoms with E-state index in [0.29, 0.717) is 22.0 Å². The number of carbonyl (C=O) groups is 2. The van der Waals surface area contributed by atoms with Crippen LogP contribution in [-0.2, 0) is 23.8 Å². The molecule has 4 rings (SSSR count). The van der Waals surface area contributed by atoms with Gasteiger partial charge in [0, 0.05) is 30.8 Å². The van der Waals surface area contributed by atoms with Gasteiger partial charge in [0.25, 0.3) is 0 Å². The summed E-state index contributed by atoms with van der Waals surface area (Å²) in [7, 11) is 1.21. The van der Waals surface area contributed by atoms with Gasteiger partial charge in [-0.05, 0) is 42.5 Å². The van der Waals surface area contributed by atoms with Crippen LogP contribution in [-0.4, -0.2) is 48.8 Å². The number of rotatable bonds is 6. The molecule has 1 aliphatic heterocycles. The molecule has 0 N–H and O–H groups in total. The first-order valence-electron chi connectivity index (χ1n) is 11.1. The van der Waals surface area contributed by atoms with Crippen molar-refractivity contribution >= 4 is 45.9 Å². The van der Waals surface area contributed by atoms with E-state index in [0.717, 1.165) is 17.5 Å². The molecule has 196 valence electrons. The van der Waals surface area contributed by atoms with Crippen molar-refractivity contribution in [2.24, 2.45) is 0 Å². The van der Waals surface area contributed by atoms with E-state index >= 15 is 0 Å². The van der Waals surface area contributed by atoms with Gasteiger partial charge in [-0.15, -0.1) is 13.2 Å². The molecule has 0 saturated carbocycles. The van der Waals surface area contributed by atoms with Crippen molar-refractivity contribution in [2.75, 3.05) is 12.0 Å². The number of esters is 2. The fourth-order valence-electron chi connectivity index (χ4n) is 4.13. The van der Waals surface area contributed by atoms with Crippen LogP contribution in [0.5, 0.6) is 5.75 Å². The first kappa shape index (κ1) is 26.5. The van der Waals surface area contributed by atoms with Crippen molar-refractivity contribution in [3.63, 3.8) is 0 Å². The highest BCUT2D eigenvalue weighted by Crippen LogP contribution is 2.36. The highest BCUT2D eigenvalue weighted by molar-refractivity contribution is 6.35. The van der Waals surface area contributed by atoms with Crippen molar-refractivity contribution in [3.8, 4) is 5.75 Å². The SMILES string of the molecule is COC(=O)[C@@H]1CC(OC(C)=O)CC(N(c2ccc(OC(F)(F)F)cc2)c2ccc3cccc(Cl)c3n2)O1. The molecule has 12 heteroatoms. The number of alkyl halides is 3. The van der Waals surface area contributed by atoms with E-state index in [1.165, 1.54) is 26.2 Å². The predicted octanol–water partition coefficient (Wildman–Crippen LogP) is 5.53. The average molecular weight is 539 g/mol. The molecule has 3 aromatic rings. The minimum atomic E-state index is -4.85. The normalized spacial score (nSPS) is 19.8. The van der Waals surface area contributed by atoms with Crippen molar-refractivity contribution in [1.82, 2.24) is 4.98 Å². The number of carbonyl (C=O) groups excluding carboxylic acids is 2. The number of halogens is 4. The number of hydrogen-bond acceptors (Lipinski definition) is 8. The summed E-state index contributed by atoms with van der Waals surface area (Å²) in [5, 5.41) is 1.16. The predicted molar refractivity (Wildman–Crippen MR) is 127 cm³/mol. The number of hydrogen-bond donors (Lipinski definition) is 0. The quantitative estimate of drug-likeness (QED) is 0.378. The number of anilines is 2. The number of nitrogens with zero attached hydrogens (tertiary/aromatic N) is 2. The summed E-state index contributed by atoms with van der Waals surface area (Å²) in [4.78, 5) is 30.3. The van der Waals surface area contributed by atoms with Gasteiger partial charge in [-0.2, -0.15) is 0 Å². The van der Waals surface area contributed by atoms with Crippen LogP contribution in [0.4, 0.5) is 24.7 Å². The molecule has 2 aromatic carbocycles. The van der Waals surface area contributed by atoms with E-state index in [-0.39, 0.29) is 12.8 Å². The van der Waals surface area contributed by atoms with E-state index in [1.54, 1.807) is 29.2 Å². The maximum atomic E-state index is 12.7. The molecule has 2 unspecified atom stereocenters. The molecule has 1 aromatic heterocycles. The van der Waals surface area contributed by atoms with Crippen LogP contribution in [0.2, 0.25) is 5.02 Å². The molecule has 0 aliphatic carbocycles. The molecule has 1 aliphatic rings. The van der Waals surface area contributed by atoms with Crippen LogP contribution < -0.4 is 9.64 Å². The number of pyridine rings is 1. The Morgan fingerprint density at radius 2 is 1.81 bits per heavy atom. The minimum absolute atomic E-state index is 0.0753. The van der Waals surface area contributed by atoms with E-state index < -0.39 is 42.5 Å². The Kier molecular flexibility index (Phi) is 7.74. The number of aromatic nitrogens is 1. The summed E-state index contributed by atoms with van der Waals surface area (Å²) >= 11 is 6.36. The van der Waals surface area contributed by atoms with Crippen molar-refractivity contribution in [2.45, 2.75) is 44.6 Å². The zero-order valence-electron chi connectivity index (χ0n) is 19.7. The maximum absolute atomic E-state index is 12.7. The van der Waals surface area contributed by atoms with E-state index in [2.05, 4.69) is 9.72 Å². The van der Waals surface area contributed by atoms with E-state index in [4.69, 9.17) is 25.8 Å². The largest absolute Gasteiger partial charge is 0.573 e. The van der Waals surface area contributed by atoms with Gasteiger partial charge in [0.15, 0.2) is 6.10 Å². The zero-order valence-corrected chi connectivity index (χ0v) is 20.5. The van der Waals surface area contributed by atoms with Gasteiger partial charge in [-0.1, -0.05) is 23.7 Å². The Morgan fingerprint density at radius 3 is 2.46 bits per heavy atom. The summed E-state index contributed by atoms with van der Waals surface area (Å²) in [6.45, 7) is 1.25. The molecule has 3 atom stereocenters. The van der Waals surface area contributed by atoms with Crippen LogP contribution in [0.25, 0.3) is 10.9 Å². The third-order valence-electron chi connectivity index (χ3n) is 5.60. The van der Waals surface area contributed by atoms with Gasteiger partial charge >= 0.3 is 18.3 Å². The van der Waals surface area contributed by atoms with Gasteiger partial charge in [-0.25, -0.2) is 9.78 Å².